The Morgan fingerprint density at radius 1 is 1.27 bits per heavy atom. The summed E-state index contributed by atoms with van der Waals surface area (Å²) in [5.41, 5.74) is -1.08. The molecule has 1 aromatic carbocycles. The van der Waals surface area contributed by atoms with E-state index in [1.54, 1.807) is 0 Å². The van der Waals surface area contributed by atoms with Crippen LogP contribution in [0.4, 0.5) is 30.7 Å². The van der Waals surface area contributed by atoms with Crippen molar-refractivity contribution in [1.82, 2.24) is 15.5 Å². The highest BCUT2D eigenvalue weighted by molar-refractivity contribution is 5.82. The van der Waals surface area contributed by atoms with Gasteiger partial charge in [0.1, 0.15) is 5.92 Å². The Morgan fingerprint density at radius 3 is 2.46 bits per heavy atom. The molecule has 0 spiro atoms. The molecule has 26 heavy (non-hydrogen) atoms. The van der Waals surface area contributed by atoms with Crippen LogP contribution in [0.5, 0.6) is 0 Å². The maximum absolute atomic E-state index is 14.1. The van der Waals surface area contributed by atoms with Crippen molar-refractivity contribution in [3.8, 4) is 11.4 Å². The molecule has 12 heteroatoms. The number of nitrogens with zero attached hydrogens (tertiary/aromatic N) is 2. The molecule has 1 aliphatic carbocycles. The zero-order valence-electron chi connectivity index (χ0n) is 12.5. The zero-order valence-corrected chi connectivity index (χ0v) is 12.5. The third-order valence-electron chi connectivity index (χ3n) is 3.67. The van der Waals surface area contributed by atoms with Gasteiger partial charge in [0.05, 0.1) is 5.56 Å². The molecule has 0 bridgehead atoms. The van der Waals surface area contributed by atoms with Crippen LogP contribution in [-0.4, -0.2) is 22.0 Å². The van der Waals surface area contributed by atoms with Gasteiger partial charge in [-0.1, -0.05) is 11.2 Å². The summed E-state index contributed by atoms with van der Waals surface area (Å²) in [5, 5.41) is 4.98. The lowest BCUT2D eigenvalue weighted by Gasteiger charge is -2.08. The normalized spacial score (nSPS) is 18.7. The van der Waals surface area contributed by atoms with Crippen LogP contribution in [0.25, 0.3) is 11.4 Å². The summed E-state index contributed by atoms with van der Waals surface area (Å²) in [6, 6.07) is 1.85. The Bertz CT molecular complexity index is 863. The van der Waals surface area contributed by atoms with Crippen molar-refractivity contribution in [1.29, 1.82) is 0 Å². The number of carbonyl (C=O) groups is 1. The van der Waals surface area contributed by atoms with E-state index in [-0.39, 0.29) is 5.56 Å². The van der Waals surface area contributed by atoms with Gasteiger partial charge in [0.25, 0.3) is 5.92 Å². The number of aromatic nitrogens is 2. The lowest BCUT2D eigenvalue weighted by Crippen LogP contribution is -2.27. The lowest BCUT2D eigenvalue weighted by molar-refractivity contribution is -0.159. The van der Waals surface area contributed by atoms with Gasteiger partial charge in [0.15, 0.2) is 11.6 Å². The van der Waals surface area contributed by atoms with Gasteiger partial charge >= 0.3 is 12.1 Å². The van der Waals surface area contributed by atoms with Crippen molar-refractivity contribution in [2.24, 2.45) is 5.92 Å². The minimum absolute atomic E-state index is 0.386. The van der Waals surface area contributed by atoms with Gasteiger partial charge in [-0.2, -0.15) is 18.2 Å². The van der Waals surface area contributed by atoms with Crippen LogP contribution in [0.2, 0.25) is 0 Å². The highest BCUT2D eigenvalue weighted by Gasteiger charge is 2.61. The second-order valence-electron chi connectivity index (χ2n) is 5.56. The average molecular weight is 383 g/mol. The van der Waals surface area contributed by atoms with Crippen LogP contribution in [0, 0.1) is 17.6 Å². The van der Waals surface area contributed by atoms with E-state index < -0.39 is 65.8 Å². The topological polar surface area (TPSA) is 68.0 Å². The summed E-state index contributed by atoms with van der Waals surface area (Å²) >= 11 is 0. The van der Waals surface area contributed by atoms with Gasteiger partial charge in [0, 0.05) is 18.5 Å². The molecule has 1 fully saturated rings. The molecule has 1 unspecified atom stereocenters. The van der Waals surface area contributed by atoms with Crippen molar-refractivity contribution >= 4 is 5.91 Å². The molecule has 0 saturated heterocycles. The largest absolute Gasteiger partial charge is 0.471 e. The zero-order chi connectivity index (χ0) is 19.3. The van der Waals surface area contributed by atoms with Gasteiger partial charge in [-0.15, -0.1) is 0 Å². The van der Waals surface area contributed by atoms with E-state index in [1.165, 1.54) is 0 Å². The van der Waals surface area contributed by atoms with E-state index in [0.717, 1.165) is 12.1 Å². The van der Waals surface area contributed by atoms with Crippen LogP contribution in [0.1, 0.15) is 17.9 Å². The molecule has 1 heterocycles. The second-order valence-corrected chi connectivity index (χ2v) is 5.56. The molecule has 1 amide bonds. The average Bonchev–Trinajstić information content (AvgIpc) is 2.97. The Morgan fingerprint density at radius 2 is 1.92 bits per heavy atom. The number of alkyl halides is 5. The molecular formula is C14H8F7N3O2. The molecule has 0 aliphatic heterocycles. The van der Waals surface area contributed by atoms with Crippen molar-refractivity contribution < 1.29 is 40.1 Å². The van der Waals surface area contributed by atoms with Crippen molar-refractivity contribution in [2.75, 3.05) is 0 Å². The fourth-order valence-corrected chi connectivity index (χ4v) is 2.15. The Labute approximate surface area is 140 Å². The smallest absolute Gasteiger partial charge is 0.351 e. The summed E-state index contributed by atoms with van der Waals surface area (Å²) < 4.78 is 94.7. The third-order valence-corrected chi connectivity index (χ3v) is 3.67. The number of halogens is 7. The standard InChI is InChI=1S/C14H8F7N3O2/c15-8-5(4-22-11(25)7-3-13(7,17)18)1-2-6(9(8)16)10-23-12(26-24-10)14(19,20)21/h1-2,7H,3-4H2,(H,22,25). The van der Waals surface area contributed by atoms with Crippen LogP contribution < -0.4 is 5.32 Å². The molecule has 2 aromatic rings. The van der Waals surface area contributed by atoms with E-state index >= 15 is 0 Å². The predicted octanol–water partition coefficient (Wildman–Crippen LogP) is 3.31. The van der Waals surface area contributed by atoms with Crippen molar-refractivity contribution in [3.63, 3.8) is 0 Å². The molecule has 1 aromatic heterocycles. The van der Waals surface area contributed by atoms with E-state index in [4.69, 9.17) is 0 Å². The Kier molecular flexibility index (Phi) is 4.15. The van der Waals surface area contributed by atoms with Crippen molar-refractivity contribution in [3.05, 3.63) is 35.2 Å². The number of hydrogen-bond acceptors (Lipinski definition) is 4. The SMILES string of the molecule is O=C(NCc1ccc(-c2noc(C(F)(F)F)n2)c(F)c1F)C1CC1(F)F. The maximum atomic E-state index is 14.1. The number of hydrogen-bond donors (Lipinski definition) is 1. The number of carbonyl (C=O) groups excluding carboxylic acids is 1. The third kappa shape index (κ3) is 3.35. The Balaban J connectivity index is 1.76. The minimum atomic E-state index is -4.95. The van der Waals surface area contributed by atoms with E-state index in [0.29, 0.717) is 0 Å². The highest BCUT2D eigenvalue weighted by atomic mass is 19.4. The number of rotatable bonds is 4. The van der Waals surface area contributed by atoms with Crippen LogP contribution in [-0.2, 0) is 17.5 Å². The molecule has 1 N–H and O–H groups in total. The van der Waals surface area contributed by atoms with Crippen LogP contribution in [0.15, 0.2) is 16.7 Å². The molecule has 1 atom stereocenters. The van der Waals surface area contributed by atoms with E-state index in [9.17, 15) is 35.5 Å². The lowest BCUT2D eigenvalue weighted by atomic mass is 10.1. The first-order chi connectivity index (χ1) is 12.0. The van der Waals surface area contributed by atoms with Gasteiger partial charge in [-0.3, -0.25) is 4.79 Å². The molecule has 5 nitrogen and oxygen atoms in total. The highest BCUT2D eigenvalue weighted by Crippen LogP contribution is 2.48. The van der Waals surface area contributed by atoms with E-state index in [1.807, 2.05) is 5.32 Å². The molecule has 1 saturated carbocycles. The summed E-state index contributed by atoms with van der Waals surface area (Å²) in [7, 11) is 0. The molecule has 1 aliphatic rings. The first-order valence-electron chi connectivity index (χ1n) is 7.04. The maximum Gasteiger partial charge on any atom is 0.471 e. The number of amides is 1. The molecule has 140 valence electrons. The van der Waals surface area contributed by atoms with Gasteiger partial charge in [0.2, 0.25) is 11.7 Å². The van der Waals surface area contributed by atoms with Crippen LogP contribution in [0.3, 0.4) is 0 Å². The Hall–Kier alpha value is -2.66. The summed E-state index contributed by atoms with van der Waals surface area (Å²) in [6.45, 7) is -0.575. The molecule has 0 radical (unpaired) electrons. The molecule has 3 rings (SSSR count). The van der Waals surface area contributed by atoms with Crippen molar-refractivity contribution in [2.45, 2.75) is 25.1 Å². The second kappa shape index (κ2) is 5.95. The number of nitrogens with one attached hydrogen (secondary N) is 1. The number of benzene rings is 1. The first kappa shape index (κ1) is 18.1. The van der Waals surface area contributed by atoms with Gasteiger partial charge < -0.3 is 9.84 Å². The first-order valence-corrected chi connectivity index (χ1v) is 7.04. The van der Waals surface area contributed by atoms with Gasteiger partial charge in [-0.25, -0.2) is 17.6 Å². The quantitative estimate of drug-likeness (QED) is 0.823. The summed E-state index contributed by atoms with van der Waals surface area (Å²) in [5.74, 6) is -11.2. The summed E-state index contributed by atoms with van der Waals surface area (Å²) in [4.78, 5) is 14.4. The van der Waals surface area contributed by atoms with Gasteiger partial charge in [-0.05, 0) is 6.07 Å². The summed E-state index contributed by atoms with van der Waals surface area (Å²) in [6.07, 6.45) is -5.57. The van der Waals surface area contributed by atoms with E-state index in [2.05, 4.69) is 14.7 Å². The molecular weight excluding hydrogens is 375 g/mol. The predicted molar refractivity (Wildman–Crippen MR) is 69.6 cm³/mol. The van der Waals surface area contributed by atoms with Crippen LogP contribution >= 0.6 is 0 Å². The fourth-order valence-electron chi connectivity index (χ4n) is 2.15. The fraction of sp³-hybridized carbons (Fsp3) is 0.357. The monoisotopic (exact) mass is 383 g/mol. The minimum Gasteiger partial charge on any atom is -0.351 e.